The number of hydrogen-bond acceptors (Lipinski definition) is 5. The first-order chi connectivity index (χ1) is 13.0. The van der Waals surface area contributed by atoms with Crippen LogP contribution in [-0.4, -0.2) is 34.2 Å². The first kappa shape index (κ1) is 22.2. The first-order valence-electron chi connectivity index (χ1n) is 8.42. The maximum atomic E-state index is 12.4. The highest BCUT2D eigenvalue weighted by molar-refractivity contribution is 7.92. The molecule has 0 aromatic heterocycles. The van der Waals surface area contributed by atoms with E-state index in [0.717, 1.165) is 0 Å². The van der Waals surface area contributed by atoms with Gasteiger partial charge in [0.2, 0.25) is 15.9 Å². The summed E-state index contributed by atoms with van der Waals surface area (Å²) in [6, 6.07) is 10.2. The molecule has 0 radical (unpaired) electrons. The van der Waals surface area contributed by atoms with Crippen LogP contribution in [0.4, 0.5) is 11.4 Å². The molecule has 0 atom stereocenters. The number of halogens is 1. The summed E-state index contributed by atoms with van der Waals surface area (Å²) in [4.78, 5) is 12.3. The lowest BCUT2D eigenvalue weighted by Crippen LogP contribution is -2.23. The SMILES string of the molecule is CCCS(=O)(=O)Nc1cccc(NC(=O)CS(=O)(=O)c2ccc(Cl)cc2)c1C. The molecule has 28 heavy (non-hydrogen) atoms. The number of amides is 1. The monoisotopic (exact) mass is 444 g/mol. The van der Waals surface area contributed by atoms with Crippen LogP contribution in [0.2, 0.25) is 5.02 Å². The molecule has 1 amide bonds. The van der Waals surface area contributed by atoms with Gasteiger partial charge in [-0.05, 0) is 55.3 Å². The quantitative estimate of drug-likeness (QED) is 0.649. The molecule has 0 aliphatic carbocycles. The van der Waals surface area contributed by atoms with Crippen molar-refractivity contribution in [3.05, 3.63) is 53.1 Å². The number of nitrogens with one attached hydrogen (secondary N) is 2. The third-order valence-corrected chi connectivity index (χ3v) is 7.20. The molecule has 0 heterocycles. The van der Waals surface area contributed by atoms with E-state index in [2.05, 4.69) is 10.0 Å². The van der Waals surface area contributed by atoms with Gasteiger partial charge in [0, 0.05) is 10.7 Å². The van der Waals surface area contributed by atoms with Gasteiger partial charge in [-0.15, -0.1) is 0 Å². The fourth-order valence-corrected chi connectivity index (χ4v) is 4.91. The summed E-state index contributed by atoms with van der Waals surface area (Å²) < 4.78 is 51.1. The predicted molar refractivity (Wildman–Crippen MR) is 111 cm³/mol. The lowest BCUT2D eigenvalue weighted by atomic mass is 10.1. The minimum absolute atomic E-state index is 0.00940. The van der Waals surface area contributed by atoms with Gasteiger partial charge < -0.3 is 5.32 Å². The summed E-state index contributed by atoms with van der Waals surface area (Å²) >= 11 is 5.75. The van der Waals surface area contributed by atoms with Gasteiger partial charge >= 0.3 is 0 Å². The summed E-state index contributed by atoms with van der Waals surface area (Å²) in [6.07, 6.45) is 0.466. The Morgan fingerprint density at radius 2 is 1.61 bits per heavy atom. The molecule has 152 valence electrons. The first-order valence-corrected chi connectivity index (χ1v) is 12.1. The average Bonchev–Trinajstić information content (AvgIpc) is 2.58. The van der Waals surface area contributed by atoms with E-state index in [1.165, 1.54) is 24.3 Å². The molecular weight excluding hydrogens is 424 g/mol. The van der Waals surface area contributed by atoms with Crippen molar-refractivity contribution < 1.29 is 21.6 Å². The molecule has 2 aromatic carbocycles. The lowest BCUT2D eigenvalue weighted by molar-refractivity contribution is -0.113. The number of rotatable bonds is 8. The molecule has 0 saturated heterocycles. The number of hydrogen-bond donors (Lipinski definition) is 2. The van der Waals surface area contributed by atoms with Gasteiger partial charge in [0.15, 0.2) is 9.84 Å². The number of carbonyl (C=O) groups is 1. The van der Waals surface area contributed by atoms with Crippen LogP contribution < -0.4 is 10.0 Å². The van der Waals surface area contributed by atoms with Crippen LogP contribution >= 0.6 is 11.6 Å². The van der Waals surface area contributed by atoms with Gasteiger partial charge in [-0.25, -0.2) is 16.8 Å². The normalized spacial score (nSPS) is 11.8. The van der Waals surface area contributed by atoms with Crippen LogP contribution in [-0.2, 0) is 24.7 Å². The van der Waals surface area contributed by atoms with Crippen LogP contribution in [0.1, 0.15) is 18.9 Å². The molecule has 0 saturated carbocycles. The smallest absolute Gasteiger partial charge is 0.239 e. The van der Waals surface area contributed by atoms with E-state index in [1.54, 1.807) is 32.0 Å². The molecule has 0 bridgehead atoms. The molecule has 2 N–H and O–H groups in total. The summed E-state index contributed by atoms with van der Waals surface area (Å²) in [6.45, 7) is 3.39. The van der Waals surface area contributed by atoms with E-state index in [-0.39, 0.29) is 10.6 Å². The van der Waals surface area contributed by atoms with Crippen molar-refractivity contribution in [3.63, 3.8) is 0 Å². The van der Waals surface area contributed by atoms with Crippen LogP contribution in [0.5, 0.6) is 0 Å². The van der Waals surface area contributed by atoms with E-state index in [0.29, 0.717) is 28.4 Å². The van der Waals surface area contributed by atoms with E-state index in [4.69, 9.17) is 11.6 Å². The number of benzene rings is 2. The van der Waals surface area contributed by atoms with Crippen LogP contribution in [0, 0.1) is 6.92 Å². The van der Waals surface area contributed by atoms with E-state index in [1.807, 2.05) is 0 Å². The van der Waals surface area contributed by atoms with Gasteiger partial charge in [0.05, 0.1) is 16.3 Å². The Balaban J connectivity index is 2.16. The zero-order chi connectivity index (χ0) is 20.9. The Morgan fingerprint density at radius 3 is 2.21 bits per heavy atom. The Morgan fingerprint density at radius 1 is 1.00 bits per heavy atom. The van der Waals surface area contributed by atoms with Crippen molar-refractivity contribution in [3.8, 4) is 0 Å². The maximum absolute atomic E-state index is 12.4. The second kappa shape index (κ2) is 8.93. The molecule has 10 heteroatoms. The molecule has 7 nitrogen and oxygen atoms in total. The van der Waals surface area contributed by atoms with Crippen molar-refractivity contribution in [1.82, 2.24) is 0 Å². The summed E-state index contributed by atoms with van der Waals surface area (Å²) in [5, 5.41) is 2.92. The molecule has 2 rings (SSSR count). The zero-order valence-electron chi connectivity index (χ0n) is 15.4. The van der Waals surface area contributed by atoms with E-state index in [9.17, 15) is 21.6 Å². The molecule has 2 aromatic rings. The summed E-state index contributed by atoms with van der Waals surface area (Å²) in [5.74, 6) is -1.51. The average molecular weight is 445 g/mol. The topological polar surface area (TPSA) is 109 Å². The molecule has 0 aliphatic heterocycles. The Bertz CT molecular complexity index is 1070. The van der Waals surface area contributed by atoms with Crippen molar-refractivity contribution in [1.29, 1.82) is 0 Å². The third-order valence-electron chi connectivity index (χ3n) is 3.84. The predicted octanol–water partition coefficient (Wildman–Crippen LogP) is 3.21. The Labute approximate surface area is 170 Å². The zero-order valence-corrected chi connectivity index (χ0v) is 17.8. The van der Waals surface area contributed by atoms with Crippen LogP contribution in [0.15, 0.2) is 47.4 Å². The van der Waals surface area contributed by atoms with Gasteiger partial charge in [-0.1, -0.05) is 24.6 Å². The van der Waals surface area contributed by atoms with Crippen molar-refractivity contribution >= 4 is 48.7 Å². The summed E-state index contributed by atoms with van der Waals surface area (Å²) in [5.41, 5.74) is 1.14. The number of sulfonamides is 1. The minimum atomic E-state index is -3.84. The number of carbonyl (C=O) groups excluding carboxylic acids is 1. The Hall–Kier alpha value is -2.10. The fraction of sp³-hybridized carbons (Fsp3) is 0.278. The number of anilines is 2. The van der Waals surface area contributed by atoms with Crippen LogP contribution in [0.25, 0.3) is 0 Å². The van der Waals surface area contributed by atoms with Gasteiger partial charge in [-0.3, -0.25) is 9.52 Å². The maximum Gasteiger partial charge on any atom is 0.239 e. The second-order valence-electron chi connectivity index (χ2n) is 6.16. The second-order valence-corrected chi connectivity index (χ2v) is 10.4. The van der Waals surface area contributed by atoms with Gasteiger partial charge in [0.25, 0.3) is 0 Å². The number of sulfone groups is 1. The van der Waals surface area contributed by atoms with E-state index < -0.39 is 31.5 Å². The lowest BCUT2D eigenvalue weighted by Gasteiger charge is -2.14. The van der Waals surface area contributed by atoms with Crippen molar-refractivity contribution in [2.75, 3.05) is 21.5 Å². The highest BCUT2D eigenvalue weighted by atomic mass is 35.5. The standard InChI is InChI=1S/C18H21ClN2O5S2/c1-3-11-28(25,26)21-17-6-4-5-16(13(17)2)20-18(22)12-27(23,24)15-9-7-14(19)8-10-15/h4-10,21H,3,11-12H2,1-2H3,(H,20,22). The molecule has 0 unspecified atom stereocenters. The molecule has 0 spiro atoms. The van der Waals surface area contributed by atoms with Crippen molar-refractivity contribution in [2.24, 2.45) is 0 Å². The summed E-state index contributed by atoms with van der Waals surface area (Å²) in [7, 11) is -7.33. The Kier molecular flexibility index (Phi) is 7.08. The fourth-order valence-electron chi connectivity index (χ4n) is 2.45. The molecule has 0 aliphatic rings. The molecule has 0 fully saturated rings. The highest BCUT2D eigenvalue weighted by Crippen LogP contribution is 2.25. The third kappa shape index (κ3) is 5.95. The van der Waals surface area contributed by atoms with E-state index >= 15 is 0 Å². The van der Waals surface area contributed by atoms with Gasteiger partial charge in [0.1, 0.15) is 5.75 Å². The molecular formula is C18H21ClN2O5S2. The van der Waals surface area contributed by atoms with Gasteiger partial charge in [-0.2, -0.15) is 0 Å². The largest absolute Gasteiger partial charge is 0.325 e. The van der Waals surface area contributed by atoms with Crippen LogP contribution in [0.3, 0.4) is 0 Å². The minimum Gasteiger partial charge on any atom is -0.325 e. The van der Waals surface area contributed by atoms with Crippen molar-refractivity contribution in [2.45, 2.75) is 25.2 Å². The highest BCUT2D eigenvalue weighted by Gasteiger charge is 2.20.